The van der Waals surface area contributed by atoms with Crippen LogP contribution in [0.25, 0.3) is 0 Å². The van der Waals surface area contributed by atoms with E-state index in [1.54, 1.807) is 4.90 Å². The molecule has 21 heavy (non-hydrogen) atoms. The molecule has 0 aliphatic heterocycles. The summed E-state index contributed by atoms with van der Waals surface area (Å²) in [7, 11) is 0. The number of nitrogen functional groups attached to an aromatic ring is 1. The Morgan fingerprint density at radius 1 is 1.33 bits per heavy atom. The highest BCUT2D eigenvalue weighted by Gasteiger charge is 2.18. The lowest BCUT2D eigenvalue weighted by Gasteiger charge is -2.21. The monoisotopic (exact) mass is 287 g/mol. The number of aromatic nitrogens is 1. The van der Waals surface area contributed by atoms with E-state index in [2.05, 4.69) is 4.98 Å². The number of carbonyl (C=O) groups excluding carboxylic acids is 1. The Morgan fingerprint density at radius 2 is 2.10 bits per heavy atom. The zero-order valence-electron chi connectivity index (χ0n) is 12.1. The van der Waals surface area contributed by atoms with E-state index in [-0.39, 0.29) is 17.2 Å². The van der Waals surface area contributed by atoms with Crippen LogP contribution in [0.2, 0.25) is 0 Å². The van der Waals surface area contributed by atoms with Crippen molar-refractivity contribution in [1.82, 2.24) is 9.88 Å². The SMILES string of the molecule is CCN(Cc1cccc(C)n1)C(=O)c1cc(F)ccc1N. The van der Waals surface area contributed by atoms with Crippen LogP contribution in [0.1, 0.15) is 28.7 Å². The van der Waals surface area contributed by atoms with Crippen molar-refractivity contribution in [2.24, 2.45) is 0 Å². The molecule has 1 aromatic carbocycles. The molecule has 2 rings (SSSR count). The fourth-order valence-electron chi connectivity index (χ4n) is 2.09. The van der Waals surface area contributed by atoms with Crippen LogP contribution < -0.4 is 5.73 Å². The van der Waals surface area contributed by atoms with Crippen LogP contribution in [-0.2, 0) is 6.54 Å². The average Bonchev–Trinajstić information content (AvgIpc) is 2.46. The molecule has 0 unspecified atom stereocenters. The number of hydrogen-bond donors (Lipinski definition) is 1. The van der Waals surface area contributed by atoms with Gasteiger partial charge in [0.1, 0.15) is 5.82 Å². The van der Waals surface area contributed by atoms with E-state index < -0.39 is 5.82 Å². The van der Waals surface area contributed by atoms with Crippen molar-refractivity contribution < 1.29 is 9.18 Å². The van der Waals surface area contributed by atoms with Crippen LogP contribution in [-0.4, -0.2) is 22.3 Å². The summed E-state index contributed by atoms with van der Waals surface area (Å²) in [6, 6.07) is 9.46. The number of benzene rings is 1. The molecule has 1 heterocycles. The summed E-state index contributed by atoms with van der Waals surface area (Å²) in [5.41, 5.74) is 7.91. The van der Waals surface area contributed by atoms with Crippen molar-refractivity contribution in [2.75, 3.05) is 12.3 Å². The second-order valence-corrected chi connectivity index (χ2v) is 4.82. The summed E-state index contributed by atoms with van der Waals surface area (Å²) in [5.74, 6) is -0.768. The lowest BCUT2D eigenvalue weighted by molar-refractivity contribution is 0.0751. The quantitative estimate of drug-likeness (QED) is 0.880. The molecule has 1 amide bonds. The third kappa shape index (κ3) is 3.56. The number of pyridine rings is 1. The van der Waals surface area contributed by atoms with Crippen LogP contribution in [0.15, 0.2) is 36.4 Å². The Bertz CT molecular complexity index is 658. The van der Waals surface area contributed by atoms with Crippen molar-refractivity contribution in [3.05, 3.63) is 59.2 Å². The normalized spacial score (nSPS) is 10.4. The number of rotatable bonds is 4. The van der Waals surface area contributed by atoms with Crippen molar-refractivity contribution in [3.63, 3.8) is 0 Å². The summed E-state index contributed by atoms with van der Waals surface area (Å²) in [4.78, 5) is 18.5. The average molecular weight is 287 g/mol. The summed E-state index contributed by atoms with van der Waals surface area (Å²) in [5, 5.41) is 0. The van der Waals surface area contributed by atoms with E-state index in [1.807, 2.05) is 32.0 Å². The number of carbonyl (C=O) groups is 1. The Morgan fingerprint density at radius 3 is 2.76 bits per heavy atom. The minimum absolute atomic E-state index is 0.185. The molecule has 0 radical (unpaired) electrons. The highest BCUT2D eigenvalue weighted by Crippen LogP contribution is 2.17. The van der Waals surface area contributed by atoms with Gasteiger partial charge in [0.15, 0.2) is 0 Å². The Kier molecular flexibility index (Phi) is 4.52. The second kappa shape index (κ2) is 6.35. The first kappa shape index (κ1) is 15.0. The maximum absolute atomic E-state index is 13.3. The molecule has 1 aromatic heterocycles. The zero-order valence-corrected chi connectivity index (χ0v) is 12.1. The van der Waals surface area contributed by atoms with Gasteiger partial charge in [0.05, 0.1) is 17.8 Å². The van der Waals surface area contributed by atoms with Crippen molar-refractivity contribution >= 4 is 11.6 Å². The van der Waals surface area contributed by atoms with Gasteiger partial charge in [0.25, 0.3) is 5.91 Å². The highest BCUT2D eigenvalue weighted by molar-refractivity contribution is 5.99. The molecule has 0 atom stereocenters. The minimum Gasteiger partial charge on any atom is -0.398 e. The van der Waals surface area contributed by atoms with E-state index in [0.29, 0.717) is 13.1 Å². The fourth-order valence-corrected chi connectivity index (χ4v) is 2.09. The molecule has 5 heteroatoms. The van der Waals surface area contributed by atoms with Crippen LogP contribution in [0.5, 0.6) is 0 Å². The van der Waals surface area contributed by atoms with Gasteiger partial charge in [0, 0.05) is 17.9 Å². The second-order valence-electron chi connectivity index (χ2n) is 4.82. The Balaban J connectivity index is 2.24. The summed E-state index contributed by atoms with van der Waals surface area (Å²) in [6.07, 6.45) is 0. The van der Waals surface area contributed by atoms with Gasteiger partial charge in [0.2, 0.25) is 0 Å². The number of nitrogens with zero attached hydrogens (tertiary/aromatic N) is 2. The van der Waals surface area contributed by atoms with E-state index in [9.17, 15) is 9.18 Å². The number of anilines is 1. The summed E-state index contributed by atoms with van der Waals surface area (Å²) in [6.45, 7) is 4.62. The van der Waals surface area contributed by atoms with Crippen molar-refractivity contribution in [2.45, 2.75) is 20.4 Å². The van der Waals surface area contributed by atoms with E-state index in [4.69, 9.17) is 5.73 Å². The molecule has 0 bridgehead atoms. The maximum Gasteiger partial charge on any atom is 0.256 e. The molecule has 0 saturated heterocycles. The fraction of sp³-hybridized carbons (Fsp3) is 0.250. The van der Waals surface area contributed by atoms with Crippen LogP contribution in [0.4, 0.5) is 10.1 Å². The Hall–Kier alpha value is -2.43. The Labute approximate surface area is 123 Å². The minimum atomic E-state index is -0.475. The van der Waals surface area contributed by atoms with Gasteiger partial charge in [-0.25, -0.2) is 4.39 Å². The summed E-state index contributed by atoms with van der Waals surface area (Å²) < 4.78 is 13.3. The molecule has 2 aromatic rings. The molecular weight excluding hydrogens is 269 g/mol. The van der Waals surface area contributed by atoms with Gasteiger partial charge < -0.3 is 10.6 Å². The van der Waals surface area contributed by atoms with Gasteiger partial charge in [-0.3, -0.25) is 9.78 Å². The van der Waals surface area contributed by atoms with Crippen LogP contribution in [0.3, 0.4) is 0 Å². The van der Waals surface area contributed by atoms with Gasteiger partial charge >= 0.3 is 0 Å². The first-order valence-corrected chi connectivity index (χ1v) is 6.78. The van der Waals surface area contributed by atoms with Crippen LogP contribution in [0, 0.1) is 12.7 Å². The molecule has 2 N–H and O–H groups in total. The molecule has 0 saturated carbocycles. The third-order valence-corrected chi connectivity index (χ3v) is 3.21. The molecule has 0 fully saturated rings. The van der Waals surface area contributed by atoms with Gasteiger partial charge in [-0.2, -0.15) is 0 Å². The van der Waals surface area contributed by atoms with Gasteiger partial charge in [-0.1, -0.05) is 6.07 Å². The maximum atomic E-state index is 13.3. The van der Waals surface area contributed by atoms with Gasteiger partial charge in [-0.15, -0.1) is 0 Å². The number of aryl methyl sites for hydroxylation is 1. The van der Waals surface area contributed by atoms with E-state index in [0.717, 1.165) is 11.4 Å². The van der Waals surface area contributed by atoms with E-state index >= 15 is 0 Å². The third-order valence-electron chi connectivity index (χ3n) is 3.21. The molecule has 0 spiro atoms. The lowest BCUT2D eigenvalue weighted by atomic mass is 10.1. The standard InChI is InChI=1S/C16H18FN3O/c1-3-20(10-13-6-4-5-11(2)19-13)16(21)14-9-12(17)7-8-15(14)18/h4-9H,3,10,18H2,1-2H3. The topological polar surface area (TPSA) is 59.2 Å². The molecule has 0 aliphatic carbocycles. The number of halogens is 1. The number of amides is 1. The number of hydrogen-bond acceptors (Lipinski definition) is 3. The largest absolute Gasteiger partial charge is 0.398 e. The first-order chi connectivity index (χ1) is 10.0. The first-order valence-electron chi connectivity index (χ1n) is 6.78. The predicted octanol–water partition coefficient (Wildman–Crippen LogP) is 2.77. The number of nitrogens with two attached hydrogens (primary N) is 1. The summed E-state index contributed by atoms with van der Waals surface area (Å²) >= 11 is 0. The molecule has 0 aliphatic rings. The smallest absolute Gasteiger partial charge is 0.256 e. The zero-order chi connectivity index (χ0) is 15.4. The highest BCUT2D eigenvalue weighted by atomic mass is 19.1. The van der Waals surface area contributed by atoms with Gasteiger partial charge in [-0.05, 0) is 44.2 Å². The predicted molar refractivity (Wildman–Crippen MR) is 80.2 cm³/mol. The molecular formula is C16H18FN3O. The molecule has 110 valence electrons. The van der Waals surface area contributed by atoms with Crippen molar-refractivity contribution in [1.29, 1.82) is 0 Å². The lowest BCUT2D eigenvalue weighted by Crippen LogP contribution is -2.31. The van der Waals surface area contributed by atoms with Crippen LogP contribution >= 0.6 is 0 Å². The van der Waals surface area contributed by atoms with E-state index in [1.165, 1.54) is 18.2 Å². The van der Waals surface area contributed by atoms with Crippen molar-refractivity contribution in [3.8, 4) is 0 Å². The molecule has 4 nitrogen and oxygen atoms in total.